The number of nitrogens with one attached hydrogen (secondary N) is 2. The number of amides is 2. The Bertz CT molecular complexity index is 954. The van der Waals surface area contributed by atoms with Gasteiger partial charge in [-0.25, -0.2) is 5.43 Å². The smallest absolute Gasteiger partial charge is 0.240 e. The third-order valence-corrected chi connectivity index (χ3v) is 5.02. The SMILES string of the molecule is C/C(=N\NC(=O)CCCOc1ccc(Cl)cc1C)c1cccc(NC(=O)C2CC2)c1. The second-order valence-corrected chi connectivity index (χ2v) is 7.87. The van der Waals surface area contributed by atoms with Crippen LogP contribution in [0.3, 0.4) is 0 Å². The highest BCUT2D eigenvalue weighted by atomic mass is 35.5. The molecule has 7 heteroatoms. The van der Waals surface area contributed by atoms with E-state index in [0.29, 0.717) is 30.2 Å². The summed E-state index contributed by atoms with van der Waals surface area (Å²) in [5, 5.41) is 7.76. The number of hydrogen-bond donors (Lipinski definition) is 2. The molecular weight excluding hydrogens is 402 g/mol. The molecule has 2 N–H and O–H groups in total. The number of aryl methyl sites for hydroxylation is 1. The molecule has 1 aliphatic carbocycles. The number of rotatable bonds is 9. The zero-order valence-electron chi connectivity index (χ0n) is 17.2. The molecule has 0 bridgehead atoms. The van der Waals surface area contributed by atoms with Crippen LogP contribution in [0.25, 0.3) is 0 Å². The van der Waals surface area contributed by atoms with Crippen molar-refractivity contribution in [1.82, 2.24) is 5.43 Å². The molecule has 0 saturated heterocycles. The average molecular weight is 428 g/mol. The summed E-state index contributed by atoms with van der Waals surface area (Å²) in [7, 11) is 0. The zero-order chi connectivity index (χ0) is 21.5. The Morgan fingerprint density at radius 1 is 1.20 bits per heavy atom. The van der Waals surface area contributed by atoms with Gasteiger partial charge < -0.3 is 10.1 Å². The first-order valence-electron chi connectivity index (χ1n) is 10.1. The Balaban J connectivity index is 1.43. The average Bonchev–Trinajstić information content (AvgIpc) is 3.56. The Kier molecular flexibility index (Phi) is 7.46. The first-order valence-corrected chi connectivity index (χ1v) is 10.4. The third-order valence-electron chi connectivity index (χ3n) is 4.79. The van der Waals surface area contributed by atoms with E-state index in [1.54, 1.807) is 6.07 Å². The lowest BCUT2D eigenvalue weighted by atomic mass is 10.1. The number of nitrogens with zero attached hydrogens (tertiary/aromatic N) is 1. The number of halogens is 1. The highest BCUT2D eigenvalue weighted by molar-refractivity contribution is 6.30. The summed E-state index contributed by atoms with van der Waals surface area (Å²) >= 11 is 5.93. The van der Waals surface area contributed by atoms with Crippen molar-refractivity contribution in [1.29, 1.82) is 0 Å². The molecule has 0 unspecified atom stereocenters. The summed E-state index contributed by atoms with van der Waals surface area (Å²) in [5.41, 5.74) is 5.78. The normalized spacial score (nSPS) is 13.6. The zero-order valence-corrected chi connectivity index (χ0v) is 18.0. The van der Waals surface area contributed by atoms with E-state index >= 15 is 0 Å². The van der Waals surface area contributed by atoms with Gasteiger partial charge in [0.05, 0.1) is 12.3 Å². The molecule has 0 atom stereocenters. The molecule has 158 valence electrons. The molecule has 2 aromatic carbocycles. The van der Waals surface area contributed by atoms with E-state index in [1.165, 1.54) is 0 Å². The maximum absolute atomic E-state index is 12.0. The Morgan fingerprint density at radius 3 is 2.73 bits per heavy atom. The minimum atomic E-state index is -0.177. The van der Waals surface area contributed by atoms with Crippen molar-refractivity contribution < 1.29 is 14.3 Å². The highest BCUT2D eigenvalue weighted by Gasteiger charge is 2.29. The number of benzene rings is 2. The fourth-order valence-electron chi connectivity index (χ4n) is 2.87. The van der Waals surface area contributed by atoms with Crippen LogP contribution < -0.4 is 15.5 Å². The second-order valence-electron chi connectivity index (χ2n) is 7.44. The van der Waals surface area contributed by atoms with Gasteiger partial charge in [0.25, 0.3) is 0 Å². The van der Waals surface area contributed by atoms with Gasteiger partial charge in [0, 0.05) is 23.0 Å². The quantitative estimate of drug-likeness (QED) is 0.346. The van der Waals surface area contributed by atoms with Crippen LogP contribution in [0.15, 0.2) is 47.6 Å². The molecule has 2 amide bonds. The molecule has 30 heavy (non-hydrogen) atoms. The third kappa shape index (κ3) is 6.59. The molecule has 0 aliphatic heterocycles. The van der Waals surface area contributed by atoms with Crippen LogP contribution in [0.1, 0.15) is 43.7 Å². The van der Waals surface area contributed by atoms with Crippen LogP contribution in [0.5, 0.6) is 5.75 Å². The van der Waals surface area contributed by atoms with Gasteiger partial charge in [0.15, 0.2) is 0 Å². The molecule has 1 aliphatic rings. The standard InChI is InChI=1S/C23H26ClN3O3/c1-15-13-19(24)10-11-21(15)30-12-4-7-22(28)27-26-16(2)18-5-3-6-20(14-18)25-23(29)17-8-9-17/h3,5-6,10-11,13-14,17H,4,7-9,12H2,1-2H3,(H,25,29)(H,27,28)/b26-16+. The van der Waals surface area contributed by atoms with Crippen LogP contribution in [0.2, 0.25) is 5.02 Å². The molecule has 2 aromatic rings. The second kappa shape index (κ2) is 10.3. The molecule has 1 saturated carbocycles. The van der Waals surface area contributed by atoms with E-state index in [0.717, 1.165) is 35.4 Å². The molecule has 0 spiro atoms. The van der Waals surface area contributed by atoms with Crippen molar-refractivity contribution in [3.05, 3.63) is 58.6 Å². The summed E-state index contributed by atoms with van der Waals surface area (Å²) in [5.74, 6) is 0.799. The van der Waals surface area contributed by atoms with Gasteiger partial charge in [-0.3, -0.25) is 9.59 Å². The van der Waals surface area contributed by atoms with Crippen LogP contribution in [0.4, 0.5) is 5.69 Å². The Labute approximate surface area is 181 Å². The van der Waals surface area contributed by atoms with Gasteiger partial charge in [-0.15, -0.1) is 0 Å². The molecule has 0 aromatic heterocycles. The lowest BCUT2D eigenvalue weighted by Gasteiger charge is -2.09. The lowest BCUT2D eigenvalue weighted by molar-refractivity contribution is -0.121. The number of carbonyl (C=O) groups excluding carboxylic acids is 2. The van der Waals surface area contributed by atoms with Crippen molar-refractivity contribution in [2.45, 2.75) is 39.5 Å². The first-order chi connectivity index (χ1) is 14.4. The van der Waals surface area contributed by atoms with Crippen molar-refractivity contribution in [2.24, 2.45) is 11.0 Å². The van der Waals surface area contributed by atoms with E-state index < -0.39 is 0 Å². The van der Waals surface area contributed by atoms with Crippen molar-refractivity contribution in [3.8, 4) is 5.75 Å². The van der Waals surface area contributed by atoms with Crippen molar-refractivity contribution >= 4 is 34.8 Å². The van der Waals surface area contributed by atoms with E-state index in [9.17, 15) is 9.59 Å². The summed E-state index contributed by atoms with van der Waals surface area (Å²) in [6.45, 7) is 4.17. The fraction of sp³-hybridized carbons (Fsp3) is 0.348. The van der Waals surface area contributed by atoms with Gasteiger partial charge in [-0.2, -0.15) is 5.10 Å². The summed E-state index contributed by atoms with van der Waals surface area (Å²) in [6.07, 6.45) is 2.80. The van der Waals surface area contributed by atoms with Gasteiger partial charge in [0.1, 0.15) is 5.75 Å². The van der Waals surface area contributed by atoms with Crippen LogP contribution in [-0.4, -0.2) is 24.1 Å². The van der Waals surface area contributed by atoms with Gasteiger partial charge >= 0.3 is 0 Å². The summed E-state index contributed by atoms with van der Waals surface area (Å²) in [4.78, 5) is 24.0. The van der Waals surface area contributed by atoms with Gasteiger partial charge in [0.2, 0.25) is 11.8 Å². The number of ether oxygens (including phenoxy) is 1. The van der Waals surface area contributed by atoms with E-state index in [2.05, 4.69) is 15.8 Å². The largest absolute Gasteiger partial charge is 0.493 e. The maximum atomic E-state index is 12.0. The Morgan fingerprint density at radius 2 is 2.00 bits per heavy atom. The van der Waals surface area contributed by atoms with E-state index in [4.69, 9.17) is 16.3 Å². The number of carbonyl (C=O) groups is 2. The summed E-state index contributed by atoms with van der Waals surface area (Å²) in [6, 6.07) is 12.9. The molecular formula is C23H26ClN3O3. The van der Waals surface area contributed by atoms with Gasteiger partial charge in [-0.05, 0) is 74.6 Å². The molecule has 0 heterocycles. The van der Waals surface area contributed by atoms with Crippen LogP contribution in [-0.2, 0) is 9.59 Å². The lowest BCUT2D eigenvalue weighted by Crippen LogP contribution is -2.20. The Hall–Kier alpha value is -2.86. The molecule has 6 nitrogen and oxygen atoms in total. The topological polar surface area (TPSA) is 79.8 Å². The maximum Gasteiger partial charge on any atom is 0.240 e. The fourth-order valence-corrected chi connectivity index (χ4v) is 3.09. The van der Waals surface area contributed by atoms with E-state index in [-0.39, 0.29) is 17.7 Å². The van der Waals surface area contributed by atoms with Crippen LogP contribution >= 0.6 is 11.6 Å². The van der Waals surface area contributed by atoms with E-state index in [1.807, 2.05) is 50.2 Å². The summed E-state index contributed by atoms with van der Waals surface area (Å²) < 4.78 is 5.69. The number of anilines is 1. The number of hydrogen-bond acceptors (Lipinski definition) is 4. The molecule has 1 fully saturated rings. The minimum Gasteiger partial charge on any atom is -0.493 e. The molecule has 3 rings (SSSR count). The van der Waals surface area contributed by atoms with Gasteiger partial charge in [-0.1, -0.05) is 23.7 Å². The predicted octanol–water partition coefficient (Wildman–Crippen LogP) is 4.70. The van der Waals surface area contributed by atoms with Crippen molar-refractivity contribution in [2.75, 3.05) is 11.9 Å². The minimum absolute atomic E-state index is 0.0612. The number of hydrazone groups is 1. The van der Waals surface area contributed by atoms with Crippen molar-refractivity contribution in [3.63, 3.8) is 0 Å². The monoisotopic (exact) mass is 427 g/mol. The first kappa shape index (κ1) is 21.8. The highest BCUT2D eigenvalue weighted by Crippen LogP contribution is 2.30. The molecule has 0 radical (unpaired) electrons. The predicted molar refractivity (Wildman–Crippen MR) is 119 cm³/mol. The van der Waals surface area contributed by atoms with Crippen LogP contribution in [0, 0.1) is 12.8 Å².